The average molecular weight is 644 g/mol. The number of benzene rings is 5. The van der Waals surface area contributed by atoms with E-state index in [9.17, 15) is 30.0 Å². The van der Waals surface area contributed by atoms with Gasteiger partial charge < -0.3 is 29.9 Å². The highest BCUT2D eigenvalue weighted by Crippen LogP contribution is 2.54. The van der Waals surface area contributed by atoms with Crippen molar-refractivity contribution in [3.63, 3.8) is 0 Å². The standard InChI is InChI=1S/C28H20Br2O8/c1-8-4-9-13-14-10(5-8)28(38-3)26(36)20-18(14)16(12(7-32)22(30)24(20)34)15-11(6-31)21(29)23(33)19(17(13)15)25(35)27(9)37-2/h4,31-34H,5-7H2,1-3H3. The summed E-state index contributed by atoms with van der Waals surface area (Å²) in [6.07, 6.45) is 2.11. The summed E-state index contributed by atoms with van der Waals surface area (Å²) in [4.78, 5) is 27.7. The lowest BCUT2D eigenvalue weighted by Gasteiger charge is -2.24. The molecule has 5 aromatic carbocycles. The molecule has 1 aliphatic rings. The Hall–Kier alpha value is -3.18. The smallest absolute Gasteiger partial charge is 0.232 e. The molecule has 0 saturated carbocycles. The van der Waals surface area contributed by atoms with Gasteiger partial charge in [-0.3, -0.25) is 9.59 Å². The Morgan fingerprint density at radius 1 is 0.737 bits per heavy atom. The summed E-state index contributed by atoms with van der Waals surface area (Å²) >= 11 is 6.71. The van der Waals surface area contributed by atoms with Gasteiger partial charge in [0.1, 0.15) is 11.5 Å². The molecule has 4 N–H and O–H groups in total. The zero-order chi connectivity index (χ0) is 27.4. The minimum absolute atomic E-state index is 0.00933. The second-order valence-corrected chi connectivity index (χ2v) is 11.0. The third-order valence-electron chi connectivity index (χ3n) is 7.55. The maximum absolute atomic E-state index is 13.8. The van der Waals surface area contributed by atoms with Gasteiger partial charge >= 0.3 is 0 Å². The molecule has 6 rings (SSSR count). The van der Waals surface area contributed by atoms with Crippen LogP contribution in [-0.2, 0) is 19.6 Å². The zero-order valence-corrected chi connectivity index (χ0v) is 23.5. The molecule has 10 heteroatoms. The number of aliphatic hydroxyl groups excluding tert-OH is 2. The van der Waals surface area contributed by atoms with Crippen molar-refractivity contribution in [1.82, 2.24) is 0 Å². The predicted octanol–water partition coefficient (Wildman–Crippen LogP) is 4.79. The molecule has 0 spiro atoms. The number of rotatable bonds is 4. The van der Waals surface area contributed by atoms with E-state index >= 15 is 0 Å². The van der Waals surface area contributed by atoms with Gasteiger partial charge in [-0.1, -0.05) is 11.6 Å². The van der Waals surface area contributed by atoms with E-state index in [2.05, 4.69) is 31.9 Å². The fourth-order valence-electron chi connectivity index (χ4n) is 6.14. The van der Waals surface area contributed by atoms with Crippen molar-refractivity contribution in [2.24, 2.45) is 0 Å². The molecule has 1 aliphatic carbocycles. The van der Waals surface area contributed by atoms with E-state index in [1.54, 1.807) is 0 Å². The quantitative estimate of drug-likeness (QED) is 0.162. The van der Waals surface area contributed by atoms with E-state index in [0.29, 0.717) is 49.9 Å². The number of aromatic hydroxyl groups is 2. The van der Waals surface area contributed by atoms with Crippen molar-refractivity contribution in [3.8, 4) is 23.0 Å². The van der Waals surface area contributed by atoms with Gasteiger partial charge in [0.2, 0.25) is 10.9 Å². The topological polar surface area (TPSA) is 134 Å². The molecule has 0 atom stereocenters. The van der Waals surface area contributed by atoms with Crippen molar-refractivity contribution in [2.45, 2.75) is 26.6 Å². The minimum atomic E-state index is -0.548. The Labute approximate surface area is 231 Å². The van der Waals surface area contributed by atoms with E-state index in [4.69, 9.17) is 9.47 Å². The van der Waals surface area contributed by atoms with Crippen molar-refractivity contribution >= 4 is 81.0 Å². The maximum atomic E-state index is 13.8. The monoisotopic (exact) mass is 642 g/mol. The molecule has 0 aromatic heterocycles. The summed E-state index contributed by atoms with van der Waals surface area (Å²) in [5.74, 6) is -0.663. The van der Waals surface area contributed by atoms with E-state index in [0.717, 1.165) is 5.57 Å². The van der Waals surface area contributed by atoms with Crippen LogP contribution < -0.4 is 20.3 Å². The Morgan fingerprint density at radius 2 is 1.21 bits per heavy atom. The fraction of sp³-hybridized carbons (Fsp3) is 0.214. The number of phenols is 2. The van der Waals surface area contributed by atoms with Gasteiger partial charge in [0.15, 0.2) is 11.5 Å². The fourth-order valence-corrected chi connectivity index (χ4v) is 7.18. The lowest BCUT2D eigenvalue weighted by atomic mass is 9.81. The number of allylic oxidation sites excluding steroid dienone is 1. The number of methoxy groups -OCH3 is 2. The average Bonchev–Trinajstić information content (AvgIpc) is 3.03. The Balaban J connectivity index is 2.24. The Kier molecular flexibility index (Phi) is 5.56. The lowest BCUT2D eigenvalue weighted by molar-refractivity contribution is 0.280. The Morgan fingerprint density at radius 3 is 1.68 bits per heavy atom. The Bertz CT molecular complexity index is 2030. The minimum Gasteiger partial charge on any atom is -0.506 e. The maximum Gasteiger partial charge on any atom is 0.232 e. The first-order valence-electron chi connectivity index (χ1n) is 11.6. The number of phenolic OH excluding ortho intramolecular Hbond substituents is 2. The molecule has 0 bridgehead atoms. The molecular formula is C28H20Br2O8. The second-order valence-electron chi connectivity index (χ2n) is 9.38. The van der Waals surface area contributed by atoms with Crippen LogP contribution in [0.4, 0.5) is 0 Å². The number of halogens is 2. The van der Waals surface area contributed by atoms with Crippen LogP contribution in [0, 0.1) is 0 Å². The van der Waals surface area contributed by atoms with Gasteiger partial charge in [-0.05, 0) is 61.4 Å². The highest BCUT2D eigenvalue weighted by molar-refractivity contribution is 9.11. The van der Waals surface area contributed by atoms with Crippen molar-refractivity contribution < 1.29 is 29.9 Å². The first kappa shape index (κ1) is 25.1. The molecule has 0 amide bonds. The van der Waals surface area contributed by atoms with E-state index in [-0.39, 0.29) is 53.8 Å². The molecule has 38 heavy (non-hydrogen) atoms. The van der Waals surface area contributed by atoms with Crippen LogP contribution >= 0.6 is 31.9 Å². The highest BCUT2D eigenvalue weighted by atomic mass is 79.9. The molecule has 0 unspecified atom stereocenters. The van der Waals surface area contributed by atoms with E-state index in [1.165, 1.54) is 14.2 Å². The molecule has 0 radical (unpaired) electrons. The number of fused-ring (bicyclic) bond motifs is 1. The number of aliphatic hydroxyl groups is 2. The van der Waals surface area contributed by atoms with Crippen LogP contribution in [0.5, 0.6) is 23.0 Å². The van der Waals surface area contributed by atoms with Crippen LogP contribution in [-0.4, -0.2) is 34.6 Å². The van der Waals surface area contributed by atoms with Crippen LogP contribution in [0.2, 0.25) is 0 Å². The predicted molar refractivity (Wildman–Crippen MR) is 152 cm³/mol. The summed E-state index contributed by atoms with van der Waals surface area (Å²) in [7, 11) is 2.75. The summed E-state index contributed by atoms with van der Waals surface area (Å²) in [6, 6.07) is 0. The van der Waals surface area contributed by atoms with Crippen LogP contribution in [0.15, 0.2) is 24.1 Å². The van der Waals surface area contributed by atoms with Gasteiger partial charge in [-0.25, -0.2) is 0 Å². The summed E-state index contributed by atoms with van der Waals surface area (Å²) in [5, 5.41) is 46.0. The molecule has 0 saturated heterocycles. The molecule has 0 heterocycles. The van der Waals surface area contributed by atoms with Gasteiger partial charge in [-0.2, -0.15) is 0 Å². The molecule has 5 aromatic rings. The van der Waals surface area contributed by atoms with Crippen molar-refractivity contribution in [1.29, 1.82) is 0 Å². The summed E-state index contributed by atoms with van der Waals surface area (Å²) in [5.41, 5.74) is 1.26. The van der Waals surface area contributed by atoms with Crippen LogP contribution in [0.3, 0.4) is 0 Å². The van der Waals surface area contributed by atoms with Gasteiger partial charge in [0.25, 0.3) is 0 Å². The molecule has 8 nitrogen and oxygen atoms in total. The van der Waals surface area contributed by atoms with Gasteiger partial charge in [0, 0.05) is 38.4 Å². The van der Waals surface area contributed by atoms with Gasteiger partial charge in [0.05, 0.1) is 47.2 Å². The first-order chi connectivity index (χ1) is 18.1. The molecule has 0 fully saturated rings. The third-order valence-corrected chi connectivity index (χ3v) is 9.26. The first-order valence-corrected chi connectivity index (χ1v) is 13.2. The second kappa shape index (κ2) is 8.41. The summed E-state index contributed by atoms with van der Waals surface area (Å²) < 4.78 is 11.4. The number of ether oxygens (including phenoxy) is 2. The molecule has 194 valence electrons. The summed E-state index contributed by atoms with van der Waals surface area (Å²) in [6.45, 7) is 0.799. The zero-order valence-electron chi connectivity index (χ0n) is 20.4. The lowest BCUT2D eigenvalue weighted by Crippen LogP contribution is -2.14. The third kappa shape index (κ3) is 2.81. The van der Waals surface area contributed by atoms with Crippen LogP contribution in [0.25, 0.3) is 49.2 Å². The number of hydrogen-bond donors (Lipinski definition) is 4. The van der Waals surface area contributed by atoms with Gasteiger partial charge in [-0.15, -0.1) is 0 Å². The number of hydrogen-bond acceptors (Lipinski definition) is 8. The highest BCUT2D eigenvalue weighted by Gasteiger charge is 2.34. The van der Waals surface area contributed by atoms with Crippen LogP contribution in [0.1, 0.15) is 29.2 Å². The normalized spacial score (nSPS) is 13.3. The van der Waals surface area contributed by atoms with E-state index < -0.39 is 24.1 Å². The van der Waals surface area contributed by atoms with Crippen molar-refractivity contribution in [3.05, 3.63) is 57.2 Å². The van der Waals surface area contributed by atoms with Crippen molar-refractivity contribution in [2.75, 3.05) is 14.2 Å². The van der Waals surface area contributed by atoms with E-state index in [1.807, 2.05) is 13.0 Å². The largest absolute Gasteiger partial charge is 0.506 e. The molecule has 0 aliphatic heterocycles. The SMILES string of the molecule is COc1c2c3c4c(c(OC)c(=O)c5c(O)c(Br)c(CO)c(c6c(CO)c(Br)c(O)c(c1=O)c36)c54)CC(C)=C2. The molecular weight excluding hydrogens is 624 g/mol.